The van der Waals surface area contributed by atoms with Crippen LogP contribution in [-0.4, -0.2) is 18.9 Å². The Morgan fingerprint density at radius 1 is 0.352 bits per heavy atom. The molecular weight excluding hydrogens is 657 g/mol. The van der Waals surface area contributed by atoms with Gasteiger partial charge in [0.15, 0.2) is 5.82 Å². The molecule has 4 heteroatoms. The standard InChI is InChI=1S/C50H28N4/c1-3-13-33-29(11-1)21-22-31-27-32(23-25-34(31)33)49-51-41-18-8-5-16-37(41)50(52-49)54-42-19-9-6-15-36(42)39-28-40-45-35-14-4-2-12-30(35)24-26-44(45)53-43-20-10-7-17-38(43)46(47(39)54)48(40)53/h1-28H. The Balaban J connectivity index is 1.20. The minimum Gasteiger partial charge on any atom is -0.308 e. The first-order chi connectivity index (χ1) is 26.8. The maximum atomic E-state index is 5.54. The number of nitrogens with zero attached hydrogens (tertiary/aromatic N) is 4. The lowest BCUT2D eigenvalue weighted by molar-refractivity contribution is 1.08. The summed E-state index contributed by atoms with van der Waals surface area (Å²) in [4.78, 5) is 10.8. The van der Waals surface area contributed by atoms with Crippen LogP contribution in [0.15, 0.2) is 170 Å². The summed E-state index contributed by atoms with van der Waals surface area (Å²) < 4.78 is 4.91. The summed E-state index contributed by atoms with van der Waals surface area (Å²) in [6.45, 7) is 0. The van der Waals surface area contributed by atoms with Gasteiger partial charge in [0.1, 0.15) is 5.82 Å². The lowest BCUT2D eigenvalue weighted by Crippen LogP contribution is -2.03. The van der Waals surface area contributed by atoms with Crippen molar-refractivity contribution in [2.24, 2.45) is 0 Å². The minimum absolute atomic E-state index is 0.711. The predicted octanol–water partition coefficient (Wildman–Crippen LogP) is 13.0. The van der Waals surface area contributed by atoms with Gasteiger partial charge >= 0.3 is 0 Å². The molecule has 0 spiro atoms. The molecule has 0 unspecified atom stereocenters. The molecule has 9 aromatic carbocycles. The van der Waals surface area contributed by atoms with E-state index in [1.807, 2.05) is 0 Å². The molecule has 0 saturated carbocycles. The summed E-state index contributed by atoms with van der Waals surface area (Å²) in [6.07, 6.45) is 0. The van der Waals surface area contributed by atoms with E-state index in [4.69, 9.17) is 9.97 Å². The Hall–Kier alpha value is -7.30. The highest BCUT2D eigenvalue weighted by Crippen LogP contribution is 2.48. The van der Waals surface area contributed by atoms with Gasteiger partial charge in [0, 0.05) is 43.3 Å². The van der Waals surface area contributed by atoms with E-state index >= 15 is 0 Å². The van der Waals surface area contributed by atoms with Crippen molar-refractivity contribution in [3.63, 3.8) is 0 Å². The number of hydrogen-bond acceptors (Lipinski definition) is 2. The molecule has 0 saturated heterocycles. The van der Waals surface area contributed by atoms with Crippen LogP contribution in [0.2, 0.25) is 0 Å². The first kappa shape index (κ1) is 28.3. The maximum absolute atomic E-state index is 5.54. The molecule has 4 nitrogen and oxygen atoms in total. The van der Waals surface area contributed by atoms with E-state index in [0.717, 1.165) is 27.8 Å². The second kappa shape index (κ2) is 10.2. The van der Waals surface area contributed by atoms with E-state index in [9.17, 15) is 0 Å². The molecule has 4 aromatic heterocycles. The molecule has 13 aromatic rings. The zero-order chi connectivity index (χ0) is 35.1. The van der Waals surface area contributed by atoms with Crippen molar-refractivity contribution in [3.8, 4) is 17.2 Å². The van der Waals surface area contributed by atoms with Crippen LogP contribution in [-0.2, 0) is 0 Å². The van der Waals surface area contributed by atoms with Gasteiger partial charge in [0.2, 0.25) is 0 Å². The fourth-order valence-electron chi connectivity index (χ4n) is 9.51. The first-order valence-corrected chi connectivity index (χ1v) is 18.5. The Kier molecular flexibility index (Phi) is 5.34. The van der Waals surface area contributed by atoms with E-state index in [2.05, 4.69) is 179 Å². The summed E-state index contributed by atoms with van der Waals surface area (Å²) in [5.74, 6) is 1.59. The lowest BCUT2D eigenvalue weighted by atomic mass is 10.00. The van der Waals surface area contributed by atoms with Gasteiger partial charge in [-0.15, -0.1) is 0 Å². The largest absolute Gasteiger partial charge is 0.308 e. The van der Waals surface area contributed by atoms with E-state index in [0.29, 0.717) is 5.82 Å². The molecule has 13 rings (SSSR count). The van der Waals surface area contributed by atoms with Crippen molar-refractivity contribution >= 4 is 103 Å². The van der Waals surface area contributed by atoms with Gasteiger partial charge in [-0.1, -0.05) is 127 Å². The van der Waals surface area contributed by atoms with Crippen molar-refractivity contribution < 1.29 is 0 Å². The van der Waals surface area contributed by atoms with Crippen molar-refractivity contribution in [3.05, 3.63) is 170 Å². The van der Waals surface area contributed by atoms with Crippen molar-refractivity contribution in [2.75, 3.05) is 0 Å². The Labute approximate surface area is 308 Å². The summed E-state index contributed by atoms with van der Waals surface area (Å²) >= 11 is 0. The first-order valence-electron chi connectivity index (χ1n) is 18.5. The van der Waals surface area contributed by atoms with E-state index in [1.54, 1.807) is 0 Å². The third kappa shape index (κ3) is 3.57. The third-order valence-electron chi connectivity index (χ3n) is 11.8. The molecule has 0 N–H and O–H groups in total. The van der Waals surface area contributed by atoms with Gasteiger partial charge in [0.25, 0.3) is 0 Å². The number of aromatic nitrogens is 4. The van der Waals surface area contributed by atoms with Crippen LogP contribution in [0.1, 0.15) is 0 Å². The van der Waals surface area contributed by atoms with Crippen molar-refractivity contribution in [1.82, 2.24) is 18.9 Å². The minimum atomic E-state index is 0.711. The van der Waals surface area contributed by atoms with E-state index < -0.39 is 0 Å². The Bertz CT molecular complexity index is 3740. The smallest absolute Gasteiger partial charge is 0.162 e. The highest BCUT2D eigenvalue weighted by Gasteiger charge is 2.26. The van der Waals surface area contributed by atoms with Gasteiger partial charge < -0.3 is 4.40 Å². The number of rotatable bonds is 2. The fourth-order valence-corrected chi connectivity index (χ4v) is 9.51. The zero-order valence-corrected chi connectivity index (χ0v) is 29.0. The molecule has 4 heterocycles. The molecular formula is C50H28N4. The summed E-state index contributed by atoms with van der Waals surface area (Å²) in [7, 11) is 0. The van der Waals surface area contributed by atoms with Crippen molar-refractivity contribution in [1.29, 1.82) is 0 Å². The van der Waals surface area contributed by atoms with Crippen molar-refractivity contribution in [2.45, 2.75) is 0 Å². The van der Waals surface area contributed by atoms with Gasteiger partial charge in [-0.05, 0) is 74.8 Å². The van der Waals surface area contributed by atoms with E-state index in [1.165, 1.54) is 86.7 Å². The van der Waals surface area contributed by atoms with Gasteiger partial charge in [0.05, 0.1) is 33.1 Å². The Morgan fingerprint density at radius 3 is 1.87 bits per heavy atom. The summed E-state index contributed by atoms with van der Waals surface area (Å²) in [5, 5.41) is 15.9. The summed E-state index contributed by atoms with van der Waals surface area (Å²) in [5.41, 5.74) is 7.90. The van der Waals surface area contributed by atoms with Gasteiger partial charge in [-0.3, -0.25) is 4.57 Å². The molecule has 0 amide bonds. The normalized spacial score (nSPS) is 12.4. The van der Waals surface area contributed by atoms with Crippen LogP contribution in [0.3, 0.4) is 0 Å². The van der Waals surface area contributed by atoms with Crippen LogP contribution in [0, 0.1) is 0 Å². The second-order valence-corrected chi connectivity index (χ2v) is 14.5. The molecule has 0 aliphatic rings. The monoisotopic (exact) mass is 684 g/mol. The van der Waals surface area contributed by atoms with Crippen LogP contribution in [0.5, 0.6) is 0 Å². The lowest BCUT2D eigenvalue weighted by Gasteiger charge is -2.14. The number of para-hydroxylation sites is 3. The van der Waals surface area contributed by atoms with Crippen LogP contribution < -0.4 is 0 Å². The second-order valence-electron chi connectivity index (χ2n) is 14.5. The SMILES string of the molecule is c1ccc2c(c1)ccc1cc(-c3nc(-n4c5ccccc5c5cc6c7c8ccccc8ccc7n7c8ccccc8c(c54)c67)c4ccccc4n3)ccc12. The average molecular weight is 685 g/mol. The number of fused-ring (bicyclic) bond motifs is 16. The topological polar surface area (TPSA) is 35.1 Å². The molecule has 0 aliphatic carbocycles. The molecule has 248 valence electrons. The highest BCUT2D eigenvalue weighted by atomic mass is 15.1. The van der Waals surface area contributed by atoms with Gasteiger partial charge in [-0.2, -0.15) is 0 Å². The van der Waals surface area contributed by atoms with Crippen LogP contribution in [0.25, 0.3) is 120 Å². The number of hydrogen-bond donors (Lipinski definition) is 0. The zero-order valence-electron chi connectivity index (χ0n) is 29.0. The molecule has 0 aliphatic heterocycles. The third-order valence-corrected chi connectivity index (χ3v) is 11.8. The quantitative estimate of drug-likeness (QED) is 0.170. The number of benzene rings is 9. The summed E-state index contributed by atoms with van der Waals surface area (Å²) in [6, 6.07) is 61.6. The fraction of sp³-hybridized carbons (Fsp3) is 0. The predicted molar refractivity (Wildman–Crippen MR) is 226 cm³/mol. The average Bonchev–Trinajstić information content (AvgIpc) is 3.88. The van der Waals surface area contributed by atoms with Gasteiger partial charge in [-0.25, -0.2) is 9.97 Å². The molecule has 0 fully saturated rings. The highest BCUT2D eigenvalue weighted by molar-refractivity contribution is 6.36. The van der Waals surface area contributed by atoms with Crippen LogP contribution >= 0.6 is 0 Å². The Morgan fingerprint density at radius 2 is 1.00 bits per heavy atom. The van der Waals surface area contributed by atoms with Crippen LogP contribution in [0.4, 0.5) is 0 Å². The molecule has 0 bridgehead atoms. The molecule has 54 heavy (non-hydrogen) atoms. The molecule has 0 atom stereocenters. The molecule has 0 radical (unpaired) electrons. The maximum Gasteiger partial charge on any atom is 0.162 e. The van der Waals surface area contributed by atoms with E-state index in [-0.39, 0.29) is 0 Å².